The van der Waals surface area contributed by atoms with Gasteiger partial charge in [-0.3, -0.25) is 0 Å². The van der Waals surface area contributed by atoms with Gasteiger partial charge >= 0.3 is 0 Å². The van der Waals surface area contributed by atoms with Crippen LogP contribution in [-0.2, 0) is 13.2 Å². The molecule has 0 atom stereocenters. The largest absolute Gasteiger partial charge is 0.493 e. The van der Waals surface area contributed by atoms with Crippen molar-refractivity contribution in [3.63, 3.8) is 0 Å². The number of ether oxygens (including phenoxy) is 4. The van der Waals surface area contributed by atoms with E-state index in [4.69, 9.17) is 18.9 Å². The van der Waals surface area contributed by atoms with Crippen LogP contribution in [0.25, 0.3) is 12.2 Å². The molecule has 0 saturated heterocycles. The highest BCUT2D eigenvalue weighted by molar-refractivity contribution is 5.72. The molecule has 34 heavy (non-hydrogen) atoms. The first-order chi connectivity index (χ1) is 16.7. The Kier molecular flexibility index (Phi) is 7.86. The molecule has 0 fully saturated rings. The van der Waals surface area contributed by atoms with Crippen LogP contribution in [0.5, 0.6) is 23.0 Å². The number of hydrogen-bond acceptors (Lipinski definition) is 4. The van der Waals surface area contributed by atoms with Crippen molar-refractivity contribution >= 4 is 12.2 Å². The maximum Gasteiger partial charge on any atom is 0.162 e. The molecule has 4 rings (SSSR count). The second kappa shape index (κ2) is 11.6. The Balaban J connectivity index is 1.48. The number of methoxy groups -OCH3 is 2. The molecule has 0 amide bonds. The lowest BCUT2D eigenvalue weighted by Gasteiger charge is -2.12. The van der Waals surface area contributed by atoms with Crippen LogP contribution >= 0.6 is 0 Å². The van der Waals surface area contributed by atoms with E-state index in [-0.39, 0.29) is 0 Å². The van der Waals surface area contributed by atoms with E-state index in [0.29, 0.717) is 36.2 Å². The molecule has 4 aromatic rings. The van der Waals surface area contributed by atoms with Crippen LogP contribution in [0.3, 0.4) is 0 Å². The van der Waals surface area contributed by atoms with Crippen LogP contribution in [0.4, 0.5) is 0 Å². The molecular formula is C30H28O4. The average molecular weight is 453 g/mol. The highest BCUT2D eigenvalue weighted by atomic mass is 16.5. The molecule has 0 heterocycles. The van der Waals surface area contributed by atoms with E-state index in [1.807, 2.05) is 109 Å². The summed E-state index contributed by atoms with van der Waals surface area (Å²) in [5.41, 5.74) is 4.22. The highest BCUT2D eigenvalue weighted by Crippen LogP contribution is 2.31. The third-order valence-corrected chi connectivity index (χ3v) is 5.32. The minimum atomic E-state index is 0.477. The molecule has 0 aromatic heterocycles. The summed E-state index contributed by atoms with van der Waals surface area (Å²) >= 11 is 0. The SMILES string of the molecule is COc1ccc(C=Cc2ccc(OC)c(OCc3ccccc3)c2)cc1OCc1ccccc1. The molecule has 0 aliphatic heterocycles. The highest BCUT2D eigenvalue weighted by Gasteiger charge is 2.07. The van der Waals surface area contributed by atoms with Crippen LogP contribution in [0.15, 0.2) is 97.1 Å². The lowest BCUT2D eigenvalue weighted by atomic mass is 10.1. The van der Waals surface area contributed by atoms with Gasteiger partial charge in [-0.1, -0.05) is 84.9 Å². The monoisotopic (exact) mass is 452 g/mol. The van der Waals surface area contributed by atoms with Gasteiger partial charge in [0.1, 0.15) is 13.2 Å². The fourth-order valence-corrected chi connectivity index (χ4v) is 3.48. The Labute approximate surface area is 201 Å². The van der Waals surface area contributed by atoms with E-state index in [9.17, 15) is 0 Å². The summed E-state index contributed by atoms with van der Waals surface area (Å²) in [6, 6.07) is 32.0. The van der Waals surface area contributed by atoms with Crippen LogP contribution in [0.2, 0.25) is 0 Å². The Morgan fingerprint density at radius 2 is 0.912 bits per heavy atom. The van der Waals surface area contributed by atoms with Crippen LogP contribution in [-0.4, -0.2) is 14.2 Å². The van der Waals surface area contributed by atoms with Gasteiger partial charge in [0, 0.05) is 0 Å². The Hall–Kier alpha value is -4.18. The zero-order valence-corrected chi connectivity index (χ0v) is 19.4. The first-order valence-electron chi connectivity index (χ1n) is 11.1. The van der Waals surface area contributed by atoms with Gasteiger partial charge in [-0.05, 0) is 46.5 Å². The fraction of sp³-hybridized carbons (Fsp3) is 0.133. The van der Waals surface area contributed by atoms with Crippen molar-refractivity contribution in [2.24, 2.45) is 0 Å². The predicted molar refractivity (Wildman–Crippen MR) is 136 cm³/mol. The van der Waals surface area contributed by atoms with E-state index < -0.39 is 0 Å². The third kappa shape index (κ3) is 6.20. The Morgan fingerprint density at radius 3 is 1.29 bits per heavy atom. The molecule has 4 nitrogen and oxygen atoms in total. The summed E-state index contributed by atoms with van der Waals surface area (Å²) in [6.45, 7) is 0.954. The lowest BCUT2D eigenvalue weighted by Crippen LogP contribution is -1.98. The van der Waals surface area contributed by atoms with Gasteiger partial charge < -0.3 is 18.9 Å². The van der Waals surface area contributed by atoms with E-state index in [0.717, 1.165) is 22.3 Å². The van der Waals surface area contributed by atoms with Crippen LogP contribution < -0.4 is 18.9 Å². The van der Waals surface area contributed by atoms with E-state index in [2.05, 4.69) is 0 Å². The molecule has 0 bridgehead atoms. The minimum absolute atomic E-state index is 0.477. The molecule has 172 valence electrons. The maximum atomic E-state index is 6.03. The molecule has 4 aromatic carbocycles. The first-order valence-corrected chi connectivity index (χ1v) is 11.1. The average Bonchev–Trinajstić information content (AvgIpc) is 2.90. The molecule has 0 radical (unpaired) electrons. The first kappa shape index (κ1) is 23.0. The molecule has 0 aliphatic rings. The summed E-state index contributed by atoms with van der Waals surface area (Å²) in [4.78, 5) is 0. The van der Waals surface area contributed by atoms with Gasteiger partial charge in [-0.25, -0.2) is 0 Å². The summed E-state index contributed by atoms with van der Waals surface area (Å²) in [5, 5.41) is 0. The van der Waals surface area contributed by atoms with Crippen molar-refractivity contribution in [3.05, 3.63) is 119 Å². The second-order valence-corrected chi connectivity index (χ2v) is 7.70. The smallest absolute Gasteiger partial charge is 0.162 e. The summed E-state index contributed by atoms with van der Waals surface area (Å²) in [6.07, 6.45) is 4.08. The van der Waals surface area contributed by atoms with Crippen molar-refractivity contribution in [1.82, 2.24) is 0 Å². The molecule has 0 N–H and O–H groups in total. The predicted octanol–water partition coefficient (Wildman–Crippen LogP) is 7.03. The molecule has 0 spiro atoms. The zero-order chi connectivity index (χ0) is 23.6. The van der Waals surface area contributed by atoms with Crippen LogP contribution in [0, 0.1) is 0 Å². The lowest BCUT2D eigenvalue weighted by molar-refractivity contribution is 0.284. The Morgan fingerprint density at radius 1 is 0.500 bits per heavy atom. The van der Waals surface area contributed by atoms with Crippen molar-refractivity contribution in [3.8, 4) is 23.0 Å². The number of rotatable bonds is 10. The molecular weight excluding hydrogens is 424 g/mol. The summed E-state index contributed by atoms with van der Waals surface area (Å²) in [5.74, 6) is 2.81. The van der Waals surface area contributed by atoms with Crippen LogP contribution in [0.1, 0.15) is 22.3 Å². The van der Waals surface area contributed by atoms with Crippen molar-refractivity contribution in [2.45, 2.75) is 13.2 Å². The van der Waals surface area contributed by atoms with E-state index in [1.54, 1.807) is 14.2 Å². The molecule has 0 saturated carbocycles. The number of hydrogen-bond donors (Lipinski definition) is 0. The maximum absolute atomic E-state index is 6.03. The molecule has 0 unspecified atom stereocenters. The van der Waals surface area contributed by atoms with Gasteiger partial charge in [-0.2, -0.15) is 0 Å². The minimum Gasteiger partial charge on any atom is -0.493 e. The van der Waals surface area contributed by atoms with Crippen molar-refractivity contribution in [2.75, 3.05) is 14.2 Å². The van der Waals surface area contributed by atoms with Crippen molar-refractivity contribution in [1.29, 1.82) is 0 Å². The normalized spacial score (nSPS) is 10.8. The zero-order valence-electron chi connectivity index (χ0n) is 19.4. The molecule has 0 aliphatic carbocycles. The van der Waals surface area contributed by atoms with Gasteiger partial charge in [0.05, 0.1) is 14.2 Å². The molecule has 4 heteroatoms. The van der Waals surface area contributed by atoms with Crippen molar-refractivity contribution < 1.29 is 18.9 Å². The third-order valence-electron chi connectivity index (χ3n) is 5.32. The van der Waals surface area contributed by atoms with Gasteiger partial charge in [0.15, 0.2) is 23.0 Å². The topological polar surface area (TPSA) is 36.9 Å². The van der Waals surface area contributed by atoms with Gasteiger partial charge in [-0.15, -0.1) is 0 Å². The van der Waals surface area contributed by atoms with E-state index >= 15 is 0 Å². The van der Waals surface area contributed by atoms with Gasteiger partial charge in [0.2, 0.25) is 0 Å². The summed E-state index contributed by atoms with van der Waals surface area (Å²) in [7, 11) is 3.29. The van der Waals surface area contributed by atoms with Gasteiger partial charge in [0.25, 0.3) is 0 Å². The summed E-state index contributed by atoms with van der Waals surface area (Å²) < 4.78 is 23.0. The Bertz CT molecular complexity index is 1120. The fourth-order valence-electron chi connectivity index (χ4n) is 3.48. The van der Waals surface area contributed by atoms with E-state index in [1.165, 1.54) is 0 Å². The second-order valence-electron chi connectivity index (χ2n) is 7.70. The standard InChI is InChI=1S/C30H28O4/c1-31-27-17-15-23(19-29(27)33-21-25-9-5-3-6-10-25)13-14-24-16-18-28(32-2)30(20-24)34-22-26-11-7-4-8-12-26/h3-20H,21-22H2,1-2H3. The number of benzene rings is 4. The quantitative estimate of drug-likeness (QED) is 0.242.